The van der Waals surface area contributed by atoms with Gasteiger partial charge in [-0.2, -0.15) is 4.98 Å². The van der Waals surface area contributed by atoms with Crippen molar-refractivity contribution in [3.8, 4) is 0 Å². The first-order valence-electron chi connectivity index (χ1n) is 4.60. The average Bonchev–Trinajstić information content (AvgIpc) is 2.52. The molecule has 2 rings (SSSR count). The molecule has 5 nitrogen and oxygen atoms in total. The second kappa shape index (κ2) is 3.85. The van der Waals surface area contributed by atoms with Crippen molar-refractivity contribution >= 4 is 0 Å². The molecule has 5 heteroatoms. The number of aromatic nitrogens is 2. The second-order valence-corrected chi connectivity index (χ2v) is 3.22. The molecule has 1 aliphatic rings. The molecule has 0 spiro atoms. The van der Waals surface area contributed by atoms with Gasteiger partial charge in [0.25, 0.3) is 0 Å². The van der Waals surface area contributed by atoms with Gasteiger partial charge >= 0.3 is 0 Å². The third kappa shape index (κ3) is 1.87. The lowest BCUT2D eigenvalue weighted by molar-refractivity contribution is 0.140. The lowest BCUT2D eigenvalue weighted by Crippen LogP contribution is -2.56. The molecule has 1 N–H and O–H groups in total. The number of rotatable bonds is 4. The molecule has 0 saturated carbocycles. The smallest absolute Gasteiger partial charge is 0.213 e. The molecule has 1 aliphatic heterocycles. The molecule has 2 heterocycles. The number of nitrogens with zero attached hydrogens (tertiary/aromatic N) is 3. The molecule has 0 bridgehead atoms. The number of hydrogen-bond donors (Lipinski definition) is 1. The molecule has 1 fully saturated rings. The van der Waals surface area contributed by atoms with E-state index in [1.165, 1.54) is 6.39 Å². The van der Waals surface area contributed by atoms with E-state index in [2.05, 4.69) is 31.8 Å². The van der Waals surface area contributed by atoms with Crippen molar-refractivity contribution in [1.29, 1.82) is 0 Å². The summed E-state index contributed by atoms with van der Waals surface area (Å²) in [6.45, 7) is 6.12. The Balaban J connectivity index is 1.90. The summed E-state index contributed by atoms with van der Waals surface area (Å²) in [7, 11) is 0. The third-order valence-corrected chi connectivity index (χ3v) is 2.43. The summed E-state index contributed by atoms with van der Waals surface area (Å²) in [6.07, 6.45) is 1.38. The normalized spacial score (nSPS) is 17.7. The van der Waals surface area contributed by atoms with Crippen molar-refractivity contribution < 1.29 is 4.52 Å². The average molecular weight is 182 g/mol. The Kier molecular flexibility index (Phi) is 2.56. The van der Waals surface area contributed by atoms with E-state index in [9.17, 15) is 0 Å². The predicted octanol–water partition coefficient (Wildman–Crippen LogP) is -0.137. The van der Waals surface area contributed by atoms with Gasteiger partial charge in [0, 0.05) is 19.1 Å². The zero-order chi connectivity index (χ0) is 9.10. The first kappa shape index (κ1) is 8.65. The van der Waals surface area contributed by atoms with E-state index < -0.39 is 0 Å². The standard InChI is InChI=1S/C8H14N4O/c1-2-12(7-3-9-4-7)5-8-10-6-13-11-8/h6-7,9H,2-5H2,1H3. The second-order valence-electron chi connectivity index (χ2n) is 3.22. The first-order chi connectivity index (χ1) is 6.40. The van der Waals surface area contributed by atoms with Crippen LogP contribution in [0.1, 0.15) is 12.7 Å². The van der Waals surface area contributed by atoms with Crippen LogP contribution in [0, 0.1) is 0 Å². The molecule has 1 aromatic heterocycles. The van der Waals surface area contributed by atoms with Crippen LogP contribution in [-0.4, -0.2) is 40.7 Å². The summed E-state index contributed by atoms with van der Waals surface area (Å²) in [6, 6.07) is 0.642. The van der Waals surface area contributed by atoms with E-state index >= 15 is 0 Å². The molecule has 1 saturated heterocycles. The summed E-state index contributed by atoms with van der Waals surface area (Å²) >= 11 is 0. The van der Waals surface area contributed by atoms with Gasteiger partial charge in [0.15, 0.2) is 5.82 Å². The number of nitrogens with one attached hydrogen (secondary N) is 1. The summed E-state index contributed by atoms with van der Waals surface area (Å²) in [4.78, 5) is 6.35. The van der Waals surface area contributed by atoms with E-state index in [0.717, 1.165) is 32.0 Å². The van der Waals surface area contributed by atoms with E-state index in [0.29, 0.717) is 6.04 Å². The molecule has 0 radical (unpaired) electrons. The maximum Gasteiger partial charge on any atom is 0.213 e. The quantitative estimate of drug-likeness (QED) is 0.702. The summed E-state index contributed by atoms with van der Waals surface area (Å²) in [5.74, 6) is 0.772. The number of hydrogen-bond acceptors (Lipinski definition) is 5. The van der Waals surface area contributed by atoms with E-state index in [-0.39, 0.29) is 0 Å². The van der Waals surface area contributed by atoms with Crippen LogP contribution in [0.4, 0.5) is 0 Å². The lowest BCUT2D eigenvalue weighted by Gasteiger charge is -2.36. The minimum absolute atomic E-state index is 0.642. The van der Waals surface area contributed by atoms with Crippen LogP contribution in [0.25, 0.3) is 0 Å². The van der Waals surface area contributed by atoms with Gasteiger partial charge < -0.3 is 9.84 Å². The van der Waals surface area contributed by atoms with Gasteiger partial charge in [-0.05, 0) is 6.54 Å². The van der Waals surface area contributed by atoms with Crippen LogP contribution in [0.15, 0.2) is 10.9 Å². The molecule has 0 aliphatic carbocycles. The summed E-state index contributed by atoms with van der Waals surface area (Å²) in [5, 5.41) is 7.05. The third-order valence-electron chi connectivity index (χ3n) is 2.43. The summed E-state index contributed by atoms with van der Waals surface area (Å²) in [5.41, 5.74) is 0. The van der Waals surface area contributed by atoms with Crippen LogP contribution in [0.3, 0.4) is 0 Å². The van der Waals surface area contributed by atoms with Crippen LogP contribution in [0.2, 0.25) is 0 Å². The minimum atomic E-state index is 0.642. The van der Waals surface area contributed by atoms with Crippen molar-refractivity contribution in [2.75, 3.05) is 19.6 Å². The van der Waals surface area contributed by atoms with E-state index in [1.807, 2.05) is 0 Å². The molecule has 0 unspecified atom stereocenters. The van der Waals surface area contributed by atoms with Crippen LogP contribution < -0.4 is 5.32 Å². The highest BCUT2D eigenvalue weighted by Gasteiger charge is 2.23. The Morgan fingerprint density at radius 2 is 2.54 bits per heavy atom. The van der Waals surface area contributed by atoms with Gasteiger partial charge in [0.05, 0.1) is 6.54 Å². The molecule has 0 atom stereocenters. The lowest BCUT2D eigenvalue weighted by atomic mass is 10.1. The van der Waals surface area contributed by atoms with E-state index in [4.69, 9.17) is 0 Å². The molecule has 1 aromatic rings. The molecular weight excluding hydrogens is 168 g/mol. The Labute approximate surface area is 77.1 Å². The molecule has 0 aromatic carbocycles. The Hall–Kier alpha value is -0.940. The molecular formula is C8H14N4O. The fraction of sp³-hybridized carbons (Fsp3) is 0.750. The van der Waals surface area contributed by atoms with Crippen LogP contribution in [-0.2, 0) is 6.54 Å². The van der Waals surface area contributed by atoms with Crippen molar-refractivity contribution in [3.63, 3.8) is 0 Å². The topological polar surface area (TPSA) is 54.2 Å². The fourth-order valence-electron chi connectivity index (χ4n) is 1.47. The SMILES string of the molecule is CCN(Cc1ncon1)C1CNC1. The van der Waals surface area contributed by atoms with Gasteiger partial charge in [0.1, 0.15) is 0 Å². The predicted molar refractivity (Wildman–Crippen MR) is 47.0 cm³/mol. The highest BCUT2D eigenvalue weighted by atomic mass is 16.5. The first-order valence-corrected chi connectivity index (χ1v) is 4.60. The van der Waals surface area contributed by atoms with Gasteiger partial charge in [0.2, 0.25) is 6.39 Å². The fourth-order valence-corrected chi connectivity index (χ4v) is 1.47. The van der Waals surface area contributed by atoms with Gasteiger partial charge in [-0.15, -0.1) is 0 Å². The number of likely N-dealkylation sites (N-methyl/N-ethyl adjacent to an activating group) is 1. The zero-order valence-electron chi connectivity index (χ0n) is 7.73. The molecule has 13 heavy (non-hydrogen) atoms. The maximum absolute atomic E-state index is 4.69. The van der Waals surface area contributed by atoms with Crippen LogP contribution in [0.5, 0.6) is 0 Å². The van der Waals surface area contributed by atoms with Gasteiger partial charge in [-0.25, -0.2) is 0 Å². The minimum Gasteiger partial charge on any atom is -0.343 e. The van der Waals surface area contributed by atoms with Crippen molar-refractivity contribution in [2.24, 2.45) is 0 Å². The monoisotopic (exact) mass is 182 g/mol. The van der Waals surface area contributed by atoms with Crippen LogP contribution >= 0.6 is 0 Å². The molecule has 0 amide bonds. The van der Waals surface area contributed by atoms with Crippen molar-refractivity contribution in [1.82, 2.24) is 20.4 Å². The Morgan fingerprint density at radius 3 is 3.00 bits per heavy atom. The highest BCUT2D eigenvalue weighted by Crippen LogP contribution is 2.07. The Morgan fingerprint density at radius 1 is 1.69 bits per heavy atom. The summed E-state index contributed by atoms with van der Waals surface area (Å²) < 4.78 is 4.69. The van der Waals surface area contributed by atoms with Gasteiger partial charge in [-0.1, -0.05) is 12.1 Å². The Bertz CT molecular complexity index is 245. The van der Waals surface area contributed by atoms with Crippen molar-refractivity contribution in [2.45, 2.75) is 19.5 Å². The zero-order valence-corrected chi connectivity index (χ0v) is 7.73. The van der Waals surface area contributed by atoms with Crippen molar-refractivity contribution in [3.05, 3.63) is 12.2 Å². The van der Waals surface area contributed by atoms with Gasteiger partial charge in [-0.3, -0.25) is 4.90 Å². The molecule has 72 valence electrons. The largest absolute Gasteiger partial charge is 0.343 e. The highest BCUT2D eigenvalue weighted by molar-refractivity contribution is 4.87. The maximum atomic E-state index is 4.69. The van der Waals surface area contributed by atoms with E-state index in [1.54, 1.807) is 0 Å².